The topological polar surface area (TPSA) is 108 Å². The molecule has 2 N–H and O–H groups in total. The van der Waals surface area contributed by atoms with Crippen LogP contribution in [0, 0.1) is 0 Å². The van der Waals surface area contributed by atoms with E-state index in [1.807, 2.05) is 37.3 Å². The molecule has 184 valence electrons. The quantitative estimate of drug-likeness (QED) is 0.575. The van der Waals surface area contributed by atoms with E-state index in [4.69, 9.17) is 4.74 Å². The molecule has 0 spiro atoms. The number of para-hydroxylation sites is 1. The average molecular weight is 479 g/mol. The molecule has 4 rings (SSSR count). The molecule has 1 atom stereocenters. The van der Waals surface area contributed by atoms with Crippen molar-refractivity contribution in [1.82, 2.24) is 15.5 Å². The highest BCUT2D eigenvalue weighted by Crippen LogP contribution is 2.43. The molecule has 35 heavy (non-hydrogen) atoms. The van der Waals surface area contributed by atoms with E-state index in [-0.39, 0.29) is 36.6 Å². The Morgan fingerprint density at radius 3 is 2.51 bits per heavy atom. The van der Waals surface area contributed by atoms with Crippen molar-refractivity contribution in [3.63, 3.8) is 0 Å². The van der Waals surface area contributed by atoms with Gasteiger partial charge in [0.05, 0.1) is 24.9 Å². The fourth-order valence-electron chi connectivity index (χ4n) is 4.71. The fourth-order valence-corrected chi connectivity index (χ4v) is 4.71. The van der Waals surface area contributed by atoms with Crippen LogP contribution in [0.5, 0.6) is 5.75 Å². The van der Waals surface area contributed by atoms with Crippen LogP contribution in [-0.4, -0.2) is 54.4 Å². The third kappa shape index (κ3) is 4.99. The van der Waals surface area contributed by atoms with Gasteiger partial charge in [-0.2, -0.15) is 0 Å². The summed E-state index contributed by atoms with van der Waals surface area (Å²) in [6.07, 6.45) is 1.51. The number of carbonyl (C=O) groups is 4. The maximum Gasteiger partial charge on any atom is 0.257 e. The minimum Gasteiger partial charge on any atom is -0.497 e. The number of anilines is 1. The maximum absolute atomic E-state index is 13.2. The third-order valence-corrected chi connectivity index (χ3v) is 6.63. The molecule has 0 aromatic heterocycles. The first-order chi connectivity index (χ1) is 16.8. The first kappa shape index (κ1) is 24.3. The van der Waals surface area contributed by atoms with E-state index in [1.165, 1.54) is 0 Å². The number of hydrogen-bond acceptors (Lipinski definition) is 5. The SMILES string of the molecule is COc1ccc(CNC(=O)CNC(=O)CCCN2C(=O)c3ccccc3N3C(=O)CCC23C)cc1. The minimum atomic E-state index is -0.736. The Hall–Kier alpha value is -3.88. The van der Waals surface area contributed by atoms with Gasteiger partial charge in [0.25, 0.3) is 5.91 Å². The molecule has 0 bridgehead atoms. The molecule has 2 aliphatic heterocycles. The van der Waals surface area contributed by atoms with Gasteiger partial charge in [-0.3, -0.25) is 24.1 Å². The van der Waals surface area contributed by atoms with E-state index in [0.717, 1.165) is 11.3 Å². The summed E-state index contributed by atoms with van der Waals surface area (Å²) in [5.74, 6) is 0.0517. The van der Waals surface area contributed by atoms with E-state index in [0.29, 0.717) is 43.6 Å². The minimum absolute atomic E-state index is 0.00385. The van der Waals surface area contributed by atoms with E-state index in [9.17, 15) is 19.2 Å². The average Bonchev–Trinajstić information content (AvgIpc) is 3.18. The predicted molar refractivity (Wildman–Crippen MR) is 130 cm³/mol. The van der Waals surface area contributed by atoms with Crippen molar-refractivity contribution in [3.8, 4) is 5.75 Å². The lowest BCUT2D eigenvalue weighted by Crippen LogP contribution is -2.62. The van der Waals surface area contributed by atoms with Gasteiger partial charge in [-0.15, -0.1) is 0 Å². The molecule has 2 aromatic rings. The van der Waals surface area contributed by atoms with Crippen LogP contribution < -0.4 is 20.3 Å². The molecule has 0 aliphatic carbocycles. The van der Waals surface area contributed by atoms with Gasteiger partial charge in [-0.1, -0.05) is 24.3 Å². The van der Waals surface area contributed by atoms with Crippen LogP contribution in [0.15, 0.2) is 48.5 Å². The van der Waals surface area contributed by atoms with Gasteiger partial charge < -0.3 is 20.3 Å². The van der Waals surface area contributed by atoms with Gasteiger partial charge >= 0.3 is 0 Å². The van der Waals surface area contributed by atoms with Crippen LogP contribution in [0.1, 0.15) is 48.5 Å². The lowest BCUT2D eigenvalue weighted by Gasteiger charge is -2.48. The smallest absolute Gasteiger partial charge is 0.257 e. The van der Waals surface area contributed by atoms with Gasteiger partial charge in [-0.05, 0) is 49.6 Å². The zero-order chi connectivity index (χ0) is 25.0. The number of amides is 4. The molecule has 1 fully saturated rings. The van der Waals surface area contributed by atoms with Crippen molar-refractivity contribution in [3.05, 3.63) is 59.7 Å². The van der Waals surface area contributed by atoms with Crippen molar-refractivity contribution < 1.29 is 23.9 Å². The Morgan fingerprint density at radius 1 is 1.03 bits per heavy atom. The maximum atomic E-state index is 13.2. The summed E-state index contributed by atoms with van der Waals surface area (Å²) in [6, 6.07) is 14.5. The van der Waals surface area contributed by atoms with Gasteiger partial charge in [0.1, 0.15) is 11.4 Å². The molecular formula is C26H30N4O5. The Kier molecular flexibility index (Phi) is 7.04. The van der Waals surface area contributed by atoms with E-state index in [2.05, 4.69) is 10.6 Å². The molecule has 1 saturated heterocycles. The van der Waals surface area contributed by atoms with Crippen LogP contribution in [0.4, 0.5) is 5.69 Å². The summed E-state index contributed by atoms with van der Waals surface area (Å²) in [6.45, 7) is 2.47. The van der Waals surface area contributed by atoms with E-state index in [1.54, 1.807) is 35.1 Å². The van der Waals surface area contributed by atoms with Crippen LogP contribution >= 0.6 is 0 Å². The van der Waals surface area contributed by atoms with Crippen LogP contribution in [-0.2, 0) is 20.9 Å². The number of ether oxygens (including phenoxy) is 1. The number of methoxy groups -OCH3 is 1. The standard InChI is InChI=1S/C26H30N4O5/c1-26-14-13-24(33)30(26)21-7-4-3-6-20(21)25(34)29(26)15-5-8-22(31)28-17-23(32)27-16-18-9-11-19(35-2)12-10-18/h3-4,6-7,9-12H,5,8,13-17H2,1-2H3,(H,27,32)(H,28,31). The highest BCUT2D eigenvalue weighted by atomic mass is 16.5. The van der Waals surface area contributed by atoms with Crippen molar-refractivity contribution >= 4 is 29.3 Å². The Bertz CT molecular complexity index is 1130. The summed E-state index contributed by atoms with van der Waals surface area (Å²) < 4.78 is 5.11. The number of carbonyl (C=O) groups excluding carboxylic acids is 4. The summed E-state index contributed by atoms with van der Waals surface area (Å²) >= 11 is 0. The molecular weight excluding hydrogens is 448 g/mol. The highest BCUT2D eigenvalue weighted by molar-refractivity contribution is 6.10. The normalized spacial score (nSPS) is 18.7. The van der Waals surface area contributed by atoms with Gasteiger partial charge in [0, 0.05) is 25.9 Å². The number of nitrogens with zero attached hydrogens (tertiary/aromatic N) is 2. The summed E-state index contributed by atoms with van der Waals surface area (Å²) in [7, 11) is 1.59. The first-order valence-electron chi connectivity index (χ1n) is 11.7. The summed E-state index contributed by atoms with van der Waals surface area (Å²) in [5.41, 5.74) is 1.34. The molecule has 2 aliphatic rings. The predicted octanol–water partition coefficient (Wildman–Crippen LogP) is 2.21. The molecule has 0 radical (unpaired) electrons. The second-order valence-corrected chi connectivity index (χ2v) is 8.93. The van der Waals surface area contributed by atoms with Gasteiger partial charge in [0.2, 0.25) is 17.7 Å². The second-order valence-electron chi connectivity index (χ2n) is 8.93. The molecule has 2 heterocycles. The van der Waals surface area contributed by atoms with Crippen LogP contribution in [0.3, 0.4) is 0 Å². The van der Waals surface area contributed by atoms with Crippen molar-refractivity contribution in [2.45, 2.75) is 44.8 Å². The lowest BCUT2D eigenvalue weighted by molar-refractivity contribution is -0.126. The summed E-state index contributed by atoms with van der Waals surface area (Å²) in [5, 5.41) is 5.39. The van der Waals surface area contributed by atoms with Crippen LogP contribution in [0.2, 0.25) is 0 Å². The molecule has 9 nitrogen and oxygen atoms in total. The lowest BCUT2D eigenvalue weighted by atomic mass is 9.98. The Labute approximate surface area is 204 Å². The molecule has 0 saturated carbocycles. The highest BCUT2D eigenvalue weighted by Gasteiger charge is 2.52. The number of hydrogen-bond donors (Lipinski definition) is 2. The van der Waals surface area contributed by atoms with E-state index >= 15 is 0 Å². The largest absolute Gasteiger partial charge is 0.497 e. The molecule has 2 aromatic carbocycles. The molecule has 4 amide bonds. The first-order valence-corrected chi connectivity index (χ1v) is 11.7. The molecule has 1 unspecified atom stereocenters. The number of rotatable bonds is 9. The van der Waals surface area contributed by atoms with E-state index < -0.39 is 5.66 Å². The van der Waals surface area contributed by atoms with Crippen molar-refractivity contribution in [1.29, 1.82) is 0 Å². The second kappa shape index (κ2) is 10.2. The van der Waals surface area contributed by atoms with Crippen LogP contribution in [0.25, 0.3) is 0 Å². The molecule has 9 heteroatoms. The van der Waals surface area contributed by atoms with Crippen molar-refractivity contribution in [2.24, 2.45) is 0 Å². The summed E-state index contributed by atoms with van der Waals surface area (Å²) in [4.78, 5) is 53.6. The zero-order valence-electron chi connectivity index (χ0n) is 20.0. The van der Waals surface area contributed by atoms with Gasteiger partial charge in [0.15, 0.2) is 0 Å². The zero-order valence-corrected chi connectivity index (χ0v) is 20.0. The monoisotopic (exact) mass is 478 g/mol. The van der Waals surface area contributed by atoms with Gasteiger partial charge in [-0.25, -0.2) is 0 Å². The fraction of sp³-hybridized carbons (Fsp3) is 0.385. The Morgan fingerprint density at radius 2 is 1.77 bits per heavy atom. The number of fused-ring (bicyclic) bond motifs is 3. The number of nitrogens with one attached hydrogen (secondary N) is 2. The number of benzene rings is 2. The Balaban J connectivity index is 1.25. The third-order valence-electron chi connectivity index (χ3n) is 6.63. The van der Waals surface area contributed by atoms with Crippen molar-refractivity contribution in [2.75, 3.05) is 25.1 Å².